The van der Waals surface area contributed by atoms with Gasteiger partial charge in [-0.3, -0.25) is 14.3 Å². The molecule has 0 aromatic carbocycles. The van der Waals surface area contributed by atoms with Crippen molar-refractivity contribution in [3.8, 4) is 0 Å². The number of piperidine rings is 1. The first kappa shape index (κ1) is 15.7. The number of hydrogen-bond donors (Lipinski definition) is 1. The van der Waals surface area contributed by atoms with Crippen molar-refractivity contribution in [3.05, 3.63) is 34.7 Å². The number of carbonyl (C=O) groups excluding carboxylic acids is 2. The second-order valence-electron chi connectivity index (χ2n) is 5.66. The lowest BCUT2D eigenvalue weighted by atomic mass is 9.87. The van der Waals surface area contributed by atoms with Crippen molar-refractivity contribution in [3.63, 3.8) is 0 Å². The zero-order valence-electron chi connectivity index (χ0n) is 13.2. The van der Waals surface area contributed by atoms with Gasteiger partial charge < -0.3 is 10.2 Å². The molecule has 3 rings (SSSR count). The van der Waals surface area contributed by atoms with E-state index in [-0.39, 0.29) is 23.8 Å². The first-order valence-corrected chi connectivity index (χ1v) is 8.61. The summed E-state index contributed by atoms with van der Waals surface area (Å²) in [6, 6.07) is 5.52. The van der Waals surface area contributed by atoms with E-state index in [2.05, 4.69) is 10.4 Å². The maximum atomic E-state index is 12.7. The SMILES string of the molecule is CCn1ccc(NC(=O)[C@H]2CCC(=O)N(C)[C@@H]2c2cccs2)n1. The highest BCUT2D eigenvalue weighted by molar-refractivity contribution is 7.10. The van der Waals surface area contributed by atoms with Crippen molar-refractivity contribution < 1.29 is 9.59 Å². The smallest absolute Gasteiger partial charge is 0.231 e. The molecule has 0 spiro atoms. The van der Waals surface area contributed by atoms with Gasteiger partial charge in [0, 0.05) is 37.2 Å². The van der Waals surface area contributed by atoms with E-state index in [1.807, 2.05) is 30.6 Å². The van der Waals surface area contributed by atoms with Crippen LogP contribution in [0.5, 0.6) is 0 Å². The standard InChI is InChI=1S/C16H20N4O2S/c1-3-20-9-8-13(18-20)17-16(22)11-6-7-14(21)19(2)15(11)12-5-4-10-23-12/h4-5,8-11,15H,3,6-7H2,1-2H3,(H,17,18,22)/t11-,15-/m0/s1. The highest BCUT2D eigenvalue weighted by Crippen LogP contribution is 2.38. The van der Waals surface area contributed by atoms with Gasteiger partial charge in [0.2, 0.25) is 11.8 Å². The fourth-order valence-electron chi connectivity index (χ4n) is 2.98. The average Bonchev–Trinajstić information content (AvgIpc) is 3.21. The lowest BCUT2D eigenvalue weighted by Gasteiger charge is -2.37. The van der Waals surface area contributed by atoms with Gasteiger partial charge in [-0.15, -0.1) is 11.3 Å². The van der Waals surface area contributed by atoms with Crippen LogP contribution in [-0.2, 0) is 16.1 Å². The number of aryl methyl sites for hydroxylation is 1. The fourth-order valence-corrected chi connectivity index (χ4v) is 3.92. The molecule has 1 aliphatic heterocycles. The molecule has 6 nitrogen and oxygen atoms in total. The van der Waals surface area contributed by atoms with Crippen molar-refractivity contribution in [2.75, 3.05) is 12.4 Å². The predicted molar refractivity (Wildman–Crippen MR) is 89.1 cm³/mol. The summed E-state index contributed by atoms with van der Waals surface area (Å²) in [4.78, 5) is 27.5. The first-order valence-electron chi connectivity index (χ1n) is 7.73. The second kappa shape index (κ2) is 6.54. The van der Waals surface area contributed by atoms with E-state index in [1.54, 1.807) is 34.0 Å². The average molecular weight is 332 g/mol. The normalized spacial score (nSPS) is 21.5. The van der Waals surface area contributed by atoms with Crippen LogP contribution in [0.25, 0.3) is 0 Å². The minimum Gasteiger partial charge on any atom is -0.337 e. The van der Waals surface area contributed by atoms with E-state index < -0.39 is 0 Å². The molecule has 0 bridgehead atoms. The third-order valence-electron chi connectivity index (χ3n) is 4.25. The van der Waals surface area contributed by atoms with Crippen molar-refractivity contribution in [2.24, 2.45) is 5.92 Å². The molecular formula is C16H20N4O2S. The molecule has 1 fully saturated rings. The number of thiophene rings is 1. The summed E-state index contributed by atoms with van der Waals surface area (Å²) in [6.45, 7) is 2.75. The Morgan fingerprint density at radius 2 is 2.30 bits per heavy atom. The van der Waals surface area contributed by atoms with Crippen LogP contribution in [0.2, 0.25) is 0 Å². The molecule has 0 saturated carbocycles. The van der Waals surface area contributed by atoms with Crippen LogP contribution >= 0.6 is 11.3 Å². The molecule has 2 aromatic heterocycles. The Bertz CT molecular complexity index is 695. The van der Waals surface area contributed by atoms with E-state index >= 15 is 0 Å². The van der Waals surface area contributed by atoms with Gasteiger partial charge in [-0.2, -0.15) is 5.10 Å². The Morgan fingerprint density at radius 3 is 2.96 bits per heavy atom. The van der Waals surface area contributed by atoms with Gasteiger partial charge in [-0.1, -0.05) is 6.07 Å². The maximum Gasteiger partial charge on any atom is 0.231 e. The largest absolute Gasteiger partial charge is 0.337 e. The first-order chi connectivity index (χ1) is 11.1. The Labute approximate surface area is 139 Å². The van der Waals surface area contributed by atoms with Crippen LogP contribution in [0.4, 0.5) is 5.82 Å². The lowest BCUT2D eigenvalue weighted by molar-refractivity contribution is -0.140. The summed E-state index contributed by atoms with van der Waals surface area (Å²) in [5.74, 6) is 0.302. The molecule has 7 heteroatoms. The molecule has 0 unspecified atom stereocenters. The van der Waals surface area contributed by atoms with E-state index in [4.69, 9.17) is 0 Å². The van der Waals surface area contributed by atoms with Crippen molar-refractivity contribution in [2.45, 2.75) is 32.4 Å². The van der Waals surface area contributed by atoms with Crippen molar-refractivity contribution >= 4 is 29.0 Å². The summed E-state index contributed by atoms with van der Waals surface area (Å²) in [7, 11) is 1.78. The van der Waals surface area contributed by atoms with Gasteiger partial charge in [0.05, 0.1) is 12.0 Å². The monoisotopic (exact) mass is 332 g/mol. The zero-order valence-corrected chi connectivity index (χ0v) is 14.0. The van der Waals surface area contributed by atoms with Crippen LogP contribution in [0.1, 0.15) is 30.7 Å². The molecule has 0 radical (unpaired) electrons. The quantitative estimate of drug-likeness (QED) is 0.935. The van der Waals surface area contributed by atoms with E-state index in [0.29, 0.717) is 18.7 Å². The zero-order chi connectivity index (χ0) is 16.4. The Kier molecular flexibility index (Phi) is 4.47. The van der Waals surface area contributed by atoms with Gasteiger partial charge in [0.1, 0.15) is 0 Å². The maximum absolute atomic E-state index is 12.7. The molecule has 2 atom stereocenters. The molecule has 3 heterocycles. The van der Waals surface area contributed by atoms with Gasteiger partial charge in [0.25, 0.3) is 0 Å². The molecule has 0 aliphatic carbocycles. The number of likely N-dealkylation sites (tertiary alicyclic amines) is 1. The molecule has 2 amide bonds. The van der Waals surface area contributed by atoms with Gasteiger partial charge in [0.15, 0.2) is 5.82 Å². The summed E-state index contributed by atoms with van der Waals surface area (Å²) < 4.78 is 1.77. The number of anilines is 1. The van der Waals surface area contributed by atoms with Crippen LogP contribution in [-0.4, -0.2) is 33.5 Å². The number of nitrogens with zero attached hydrogens (tertiary/aromatic N) is 3. The minimum absolute atomic E-state index is 0.0795. The third-order valence-corrected chi connectivity index (χ3v) is 5.19. The fraction of sp³-hybridized carbons (Fsp3) is 0.438. The summed E-state index contributed by atoms with van der Waals surface area (Å²) >= 11 is 1.58. The molecule has 1 N–H and O–H groups in total. The molecule has 2 aromatic rings. The molecule has 1 saturated heterocycles. The van der Waals surface area contributed by atoms with Crippen molar-refractivity contribution in [1.82, 2.24) is 14.7 Å². The van der Waals surface area contributed by atoms with Crippen LogP contribution < -0.4 is 5.32 Å². The second-order valence-corrected chi connectivity index (χ2v) is 6.64. The lowest BCUT2D eigenvalue weighted by Crippen LogP contribution is -2.44. The summed E-state index contributed by atoms with van der Waals surface area (Å²) in [6.07, 6.45) is 2.80. The van der Waals surface area contributed by atoms with E-state index in [1.165, 1.54) is 0 Å². The molecule has 1 aliphatic rings. The molecule has 23 heavy (non-hydrogen) atoms. The highest BCUT2D eigenvalue weighted by Gasteiger charge is 2.39. The number of nitrogens with one attached hydrogen (secondary N) is 1. The predicted octanol–water partition coefficient (Wildman–Crippen LogP) is 2.51. The Morgan fingerprint density at radius 1 is 1.48 bits per heavy atom. The van der Waals surface area contributed by atoms with Gasteiger partial charge >= 0.3 is 0 Å². The van der Waals surface area contributed by atoms with Crippen LogP contribution in [0.15, 0.2) is 29.8 Å². The number of aromatic nitrogens is 2. The Hall–Kier alpha value is -2.15. The summed E-state index contributed by atoms with van der Waals surface area (Å²) in [5.41, 5.74) is 0. The van der Waals surface area contributed by atoms with Gasteiger partial charge in [-0.25, -0.2) is 0 Å². The Balaban J connectivity index is 1.80. The number of rotatable bonds is 4. The highest BCUT2D eigenvalue weighted by atomic mass is 32.1. The van der Waals surface area contributed by atoms with Crippen molar-refractivity contribution in [1.29, 1.82) is 0 Å². The molecular weight excluding hydrogens is 312 g/mol. The number of hydrogen-bond acceptors (Lipinski definition) is 4. The van der Waals surface area contributed by atoms with Crippen LogP contribution in [0, 0.1) is 5.92 Å². The minimum atomic E-state index is -0.261. The third kappa shape index (κ3) is 3.14. The number of carbonyl (C=O) groups is 2. The van der Waals surface area contributed by atoms with E-state index in [0.717, 1.165) is 11.4 Å². The van der Waals surface area contributed by atoms with E-state index in [9.17, 15) is 9.59 Å². The topological polar surface area (TPSA) is 67.2 Å². The van der Waals surface area contributed by atoms with Gasteiger partial charge in [-0.05, 0) is 24.8 Å². The number of amides is 2. The molecule has 122 valence electrons. The summed E-state index contributed by atoms with van der Waals surface area (Å²) in [5, 5.41) is 9.15. The van der Waals surface area contributed by atoms with Crippen LogP contribution in [0.3, 0.4) is 0 Å².